The van der Waals surface area contributed by atoms with Crippen LogP contribution in [0.25, 0.3) is 11.3 Å². The number of aliphatic hydroxyl groups is 1. The van der Waals surface area contributed by atoms with Gasteiger partial charge in [-0.15, -0.1) is 0 Å². The Bertz CT molecular complexity index is 2550. The minimum absolute atomic E-state index is 0.0603. The van der Waals surface area contributed by atoms with Gasteiger partial charge in [-0.2, -0.15) is 0 Å². The quantitative estimate of drug-likeness (QED) is 0.140. The smallest absolute Gasteiger partial charge is 0.228 e. The Balaban J connectivity index is 1.23. The number of hydrogen-bond acceptors (Lipinski definition) is 8. The Labute approximate surface area is 398 Å². The van der Waals surface area contributed by atoms with E-state index >= 15 is 9.59 Å². The Morgan fingerprint density at radius 2 is 1.50 bits per heavy atom. The number of Topliss-reactive ketones (excluding diaryl/α,β-unsaturated/α-hetero) is 1. The van der Waals surface area contributed by atoms with Crippen molar-refractivity contribution in [1.29, 1.82) is 0 Å². The lowest BCUT2D eigenvalue weighted by Crippen LogP contribution is -2.52. The fourth-order valence-electron chi connectivity index (χ4n) is 9.56. The second-order valence-corrected chi connectivity index (χ2v) is 19.2. The Kier molecular flexibility index (Phi) is 15.4. The minimum atomic E-state index is -1.08. The van der Waals surface area contributed by atoms with E-state index in [4.69, 9.17) is 27.9 Å². The molecule has 0 unspecified atom stereocenters. The lowest BCUT2D eigenvalue weighted by Gasteiger charge is -2.37. The molecule has 2 heterocycles. The number of carbonyl (C=O) groups is 4. The number of nitrogens with zero attached hydrogens (tertiary/aromatic N) is 6. The predicted octanol–water partition coefficient (Wildman–Crippen LogP) is 8.37. The van der Waals surface area contributed by atoms with Crippen LogP contribution in [-0.4, -0.2) is 111 Å². The summed E-state index contributed by atoms with van der Waals surface area (Å²) in [7, 11) is 9.36. The maximum Gasteiger partial charge on any atom is 0.228 e. The number of imidazole rings is 1. The van der Waals surface area contributed by atoms with Gasteiger partial charge in [0.15, 0.2) is 5.78 Å². The zero-order valence-electron chi connectivity index (χ0n) is 38.8. The molecule has 4 aromatic carbocycles. The molecule has 0 radical (unpaired) electrons. The van der Waals surface area contributed by atoms with Crippen LogP contribution in [0, 0.1) is 11.8 Å². The van der Waals surface area contributed by atoms with E-state index in [1.165, 1.54) is 4.90 Å². The van der Waals surface area contributed by atoms with Crippen molar-refractivity contribution in [2.45, 2.75) is 76.5 Å². The molecule has 3 amide bonds. The molecule has 7 rings (SSSR count). The molecular formula is C52H60Cl2N6O6. The Morgan fingerprint density at radius 1 is 0.818 bits per heavy atom. The Hall–Kier alpha value is -5.53. The van der Waals surface area contributed by atoms with Crippen LogP contribution < -0.4 is 4.74 Å². The molecule has 1 N–H and O–H groups in total. The van der Waals surface area contributed by atoms with Gasteiger partial charge >= 0.3 is 0 Å². The first-order chi connectivity index (χ1) is 31.5. The molecule has 6 atom stereocenters. The van der Waals surface area contributed by atoms with E-state index in [0.717, 1.165) is 33.8 Å². The lowest BCUT2D eigenvalue weighted by atomic mass is 9.82. The monoisotopic (exact) mass is 934 g/mol. The number of rotatable bonds is 11. The van der Waals surface area contributed by atoms with Crippen LogP contribution in [0.4, 0.5) is 0 Å². The summed E-state index contributed by atoms with van der Waals surface area (Å²) < 4.78 is 8.55. The summed E-state index contributed by atoms with van der Waals surface area (Å²) in [4.78, 5) is 70.3. The topological polar surface area (TPSA) is 129 Å². The van der Waals surface area contributed by atoms with E-state index in [1.807, 2.05) is 81.9 Å². The van der Waals surface area contributed by atoms with Crippen LogP contribution >= 0.6 is 23.2 Å². The van der Waals surface area contributed by atoms with E-state index in [1.54, 1.807) is 61.2 Å². The lowest BCUT2D eigenvalue weighted by molar-refractivity contribution is -0.148. The SMILES string of the molecule is C[C@H]1C[C@H]([C@@H]2CC(=O)N(Cc3ccc(Cl)cc3Oc3ccc(-c4cnc(CN(C)C)n4C)cc3)[C@@H](C)C(=O)C[C@@H](CO)C(=O)N(C)[C@H](Cc3ccc(Cl)cc3)CN(C)C2=O)c2ccccc21. The molecular weight excluding hydrogens is 876 g/mol. The summed E-state index contributed by atoms with van der Waals surface area (Å²) in [5.41, 5.74) is 5.57. The van der Waals surface area contributed by atoms with E-state index in [2.05, 4.69) is 27.4 Å². The molecule has 0 bridgehead atoms. The fraction of sp³-hybridized carbons (Fsp3) is 0.404. The number of carbonyl (C=O) groups excluding carboxylic acids is 4. The van der Waals surface area contributed by atoms with Crippen LogP contribution in [0.5, 0.6) is 11.5 Å². The van der Waals surface area contributed by atoms with Crippen LogP contribution in [0.1, 0.15) is 73.0 Å². The first-order valence-electron chi connectivity index (χ1n) is 22.5. The third-order valence-electron chi connectivity index (χ3n) is 13.4. The summed E-state index contributed by atoms with van der Waals surface area (Å²) in [6.07, 6.45) is 2.44. The summed E-state index contributed by atoms with van der Waals surface area (Å²) in [5, 5.41) is 11.6. The molecule has 14 heteroatoms. The molecule has 1 aromatic heterocycles. The molecule has 1 aliphatic heterocycles. The molecule has 2 aliphatic rings. The largest absolute Gasteiger partial charge is 0.457 e. The summed E-state index contributed by atoms with van der Waals surface area (Å²) in [5.74, 6) is -1.57. The van der Waals surface area contributed by atoms with Gasteiger partial charge in [-0.1, -0.05) is 72.6 Å². The number of fused-ring (bicyclic) bond motifs is 1. The van der Waals surface area contributed by atoms with Gasteiger partial charge in [-0.3, -0.25) is 19.2 Å². The van der Waals surface area contributed by atoms with E-state index < -0.39 is 48.1 Å². The highest BCUT2D eigenvalue weighted by Crippen LogP contribution is 2.47. The zero-order valence-corrected chi connectivity index (χ0v) is 40.3. The van der Waals surface area contributed by atoms with Gasteiger partial charge in [0, 0.05) is 61.7 Å². The molecule has 5 aromatic rings. The normalized spacial score (nSPS) is 22.3. The van der Waals surface area contributed by atoms with Crippen molar-refractivity contribution in [3.63, 3.8) is 0 Å². The van der Waals surface area contributed by atoms with Crippen LogP contribution in [0.2, 0.25) is 10.0 Å². The Morgan fingerprint density at radius 3 is 2.18 bits per heavy atom. The fourth-order valence-corrected chi connectivity index (χ4v) is 9.84. The molecule has 1 fully saturated rings. The van der Waals surface area contributed by atoms with Crippen molar-refractivity contribution in [1.82, 2.24) is 29.2 Å². The molecule has 12 nitrogen and oxygen atoms in total. The first kappa shape index (κ1) is 48.4. The second kappa shape index (κ2) is 21.0. The number of likely N-dealkylation sites (N-methyl/N-ethyl adjacent to an activating group) is 2. The predicted molar refractivity (Wildman–Crippen MR) is 257 cm³/mol. The van der Waals surface area contributed by atoms with E-state index in [-0.39, 0.29) is 43.7 Å². The van der Waals surface area contributed by atoms with Gasteiger partial charge in [-0.25, -0.2) is 4.98 Å². The van der Waals surface area contributed by atoms with Crippen molar-refractivity contribution in [2.24, 2.45) is 18.9 Å². The van der Waals surface area contributed by atoms with Crippen molar-refractivity contribution < 1.29 is 29.0 Å². The molecule has 348 valence electrons. The van der Waals surface area contributed by atoms with Crippen molar-refractivity contribution >= 4 is 46.7 Å². The number of ether oxygens (including phenoxy) is 1. The first-order valence-corrected chi connectivity index (χ1v) is 23.3. The number of halogens is 2. The minimum Gasteiger partial charge on any atom is -0.457 e. The van der Waals surface area contributed by atoms with E-state index in [0.29, 0.717) is 46.5 Å². The maximum atomic E-state index is 15.1. The summed E-state index contributed by atoms with van der Waals surface area (Å²) >= 11 is 12.8. The third kappa shape index (κ3) is 10.8. The van der Waals surface area contributed by atoms with Crippen LogP contribution in [0.15, 0.2) is 97.2 Å². The van der Waals surface area contributed by atoms with Crippen molar-refractivity contribution in [2.75, 3.05) is 41.3 Å². The number of hydrogen-bond donors (Lipinski definition) is 1. The highest BCUT2D eigenvalue weighted by atomic mass is 35.5. The van der Waals surface area contributed by atoms with E-state index in [9.17, 15) is 14.7 Å². The maximum absolute atomic E-state index is 15.1. The standard InChI is InChI=1S/C52H60Cl2N6O6/c1-32-22-44(43-11-9-8-10-42(32)43)45-26-50(63)60(28-36-14-19-39(54)25-48(36)66-41-20-15-35(16-21-41)46-27-55-49(59(46)7)30-56(3)4)33(2)47(62)24-37(31-61)51(64)58(6)40(29-57(5)52(45)65)23-34-12-17-38(53)18-13-34/h8-21,25,27,32-33,37,40,44-45,61H,22-24,26,28-31H2,1-7H3/t32-,33-,37-,40+,44-,45-/m0/s1. The highest BCUT2D eigenvalue weighted by molar-refractivity contribution is 6.31. The van der Waals surface area contributed by atoms with Gasteiger partial charge in [0.2, 0.25) is 17.7 Å². The van der Waals surface area contributed by atoms with Crippen LogP contribution in [0.3, 0.4) is 0 Å². The summed E-state index contributed by atoms with van der Waals surface area (Å²) in [6.45, 7) is 3.99. The molecule has 0 saturated carbocycles. The number of benzene rings is 4. The molecule has 1 saturated heterocycles. The zero-order chi connectivity index (χ0) is 47.4. The molecule has 1 aliphatic carbocycles. The average Bonchev–Trinajstić information content (AvgIpc) is 3.83. The van der Waals surface area contributed by atoms with Gasteiger partial charge in [0.1, 0.15) is 17.3 Å². The van der Waals surface area contributed by atoms with Gasteiger partial charge < -0.3 is 34.0 Å². The molecule has 66 heavy (non-hydrogen) atoms. The number of ketones is 1. The second-order valence-electron chi connectivity index (χ2n) is 18.3. The number of aromatic nitrogens is 2. The van der Waals surface area contributed by atoms with Gasteiger partial charge in [0.05, 0.1) is 55.5 Å². The summed E-state index contributed by atoms with van der Waals surface area (Å²) in [6, 6.07) is 26.6. The van der Waals surface area contributed by atoms with Crippen molar-refractivity contribution in [3.05, 3.63) is 135 Å². The number of aliphatic hydroxyl groups excluding tert-OH is 1. The number of amides is 3. The van der Waals surface area contributed by atoms with Gasteiger partial charge in [0.25, 0.3) is 0 Å². The van der Waals surface area contributed by atoms with Gasteiger partial charge in [-0.05, 0) is 111 Å². The average molecular weight is 936 g/mol. The van der Waals surface area contributed by atoms with Crippen molar-refractivity contribution in [3.8, 4) is 22.8 Å². The molecule has 0 spiro atoms. The third-order valence-corrected chi connectivity index (χ3v) is 13.9. The highest BCUT2D eigenvalue weighted by Gasteiger charge is 2.42. The van der Waals surface area contributed by atoms with Crippen LogP contribution in [-0.2, 0) is 45.7 Å².